The van der Waals surface area contributed by atoms with Crippen LogP contribution in [0.1, 0.15) is 18.2 Å². The Morgan fingerprint density at radius 3 is 3.11 bits per heavy atom. The molecule has 6 nitrogen and oxygen atoms in total. The Balaban J connectivity index is 0.000001000. The van der Waals surface area contributed by atoms with Crippen LogP contribution in [0.2, 0.25) is 0 Å². The molecule has 1 aliphatic heterocycles. The van der Waals surface area contributed by atoms with Crippen LogP contribution < -0.4 is 5.32 Å². The molecule has 94 valence electrons. The zero-order chi connectivity index (χ0) is 11.2. The van der Waals surface area contributed by atoms with E-state index in [2.05, 4.69) is 29.9 Å². The number of nitrogens with one attached hydrogen (secondary N) is 2. The number of hydrogen-bond acceptors (Lipinski definition) is 4. The van der Waals surface area contributed by atoms with E-state index in [1.54, 1.807) is 6.20 Å². The molecule has 4 heterocycles. The topological polar surface area (TPSA) is 70.9 Å². The molecule has 0 unspecified atom stereocenters. The second kappa shape index (κ2) is 4.22. The Morgan fingerprint density at radius 1 is 1.33 bits per heavy atom. The molecule has 0 saturated carbocycles. The number of H-pyrrole nitrogens is 1. The van der Waals surface area contributed by atoms with Crippen molar-refractivity contribution in [3.05, 3.63) is 24.3 Å². The number of aromatic nitrogens is 5. The average Bonchev–Trinajstić information content (AvgIpc) is 3.08. The normalized spacial score (nSPS) is 19.4. The van der Waals surface area contributed by atoms with Crippen LogP contribution in [0.4, 0.5) is 0 Å². The Labute approximate surface area is 109 Å². The van der Waals surface area contributed by atoms with Gasteiger partial charge in [-0.15, -0.1) is 22.6 Å². The fourth-order valence-corrected chi connectivity index (χ4v) is 2.54. The molecule has 4 rings (SSSR count). The van der Waals surface area contributed by atoms with Crippen LogP contribution >= 0.6 is 12.4 Å². The lowest BCUT2D eigenvalue weighted by molar-refractivity contribution is 0.696. The third-order valence-electron chi connectivity index (χ3n) is 3.39. The molecule has 3 aromatic heterocycles. The van der Waals surface area contributed by atoms with Crippen molar-refractivity contribution in [2.24, 2.45) is 0 Å². The minimum atomic E-state index is 0. The summed E-state index contributed by atoms with van der Waals surface area (Å²) in [6.45, 7) is 2.04. The third kappa shape index (κ3) is 1.49. The Morgan fingerprint density at radius 2 is 2.28 bits per heavy atom. The number of hydrogen-bond donors (Lipinski definition) is 2. The smallest absolute Gasteiger partial charge is 0.179 e. The van der Waals surface area contributed by atoms with E-state index in [0.29, 0.717) is 5.92 Å². The molecule has 7 heteroatoms. The van der Waals surface area contributed by atoms with E-state index >= 15 is 0 Å². The summed E-state index contributed by atoms with van der Waals surface area (Å²) in [7, 11) is 0. The van der Waals surface area contributed by atoms with Gasteiger partial charge >= 0.3 is 0 Å². The first-order valence-corrected chi connectivity index (χ1v) is 5.81. The fourth-order valence-electron chi connectivity index (χ4n) is 2.54. The Hall–Kier alpha value is -1.66. The zero-order valence-electron chi connectivity index (χ0n) is 9.63. The summed E-state index contributed by atoms with van der Waals surface area (Å²) in [6, 6.07) is 2.02. The van der Waals surface area contributed by atoms with Gasteiger partial charge < -0.3 is 10.3 Å². The third-order valence-corrected chi connectivity index (χ3v) is 3.39. The maximum atomic E-state index is 4.33. The summed E-state index contributed by atoms with van der Waals surface area (Å²) in [5.41, 5.74) is 2.75. The molecule has 1 fully saturated rings. The van der Waals surface area contributed by atoms with Crippen LogP contribution in [0.25, 0.3) is 16.8 Å². The molecule has 18 heavy (non-hydrogen) atoms. The van der Waals surface area contributed by atoms with Gasteiger partial charge in [-0.1, -0.05) is 0 Å². The molecule has 0 aromatic carbocycles. The van der Waals surface area contributed by atoms with Gasteiger partial charge in [0.05, 0.1) is 11.7 Å². The minimum Gasteiger partial charge on any atom is -0.345 e. The first-order valence-electron chi connectivity index (χ1n) is 5.81. The van der Waals surface area contributed by atoms with Gasteiger partial charge in [-0.2, -0.15) is 0 Å². The van der Waals surface area contributed by atoms with E-state index in [9.17, 15) is 0 Å². The highest BCUT2D eigenvalue weighted by atomic mass is 35.5. The van der Waals surface area contributed by atoms with Crippen molar-refractivity contribution in [1.29, 1.82) is 0 Å². The number of rotatable bonds is 1. The van der Waals surface area contributed by atoms with Gasteiger partial charge in [-0.3, -0.25) is 4.40 Å². The highest BCUT2D eigenvalue weighted by Crippen LogP contribution is 2.23. The molecule has 0 radical (unpaired) electrons. The number of halogens is 1. The number of fused-ring (bicyclic) bond motifs is 3. The quantitative estimate of drug-likeness (QED) is 0.691. The lowest BCUT2D eigenvalue weighted by Crippen LogP contribution is -2.10. The second-order valence-electron chi connectivity index (χ2n) is 4.41. The maximum Gasteiger partial charge on any atom is 0.179 e. The fraction of sp³-hybridized carbons (Fsp3) is 0.364. The summed E-state index contributed by atoms with van der Waals surface area (Å²) in [4.78, 5) is 7.43. The summed E-state index contributed by atoms with van der Waals surface area (Å²) >= 11 is 0. The molecule has 1 saturated heterocycles. The van der Waals surface area contributed by atoms with Crippen molar-refractivity contribution in [3.8, 4) is 0 Å². The van der Waals surface area contributed by atoms with Crippen molar-refractivity contribution in [3.63, 3.8) is 0 Å². The van der Waals surface area contributed by atoms with E-state index in [1.165, 1.54) is 0 Å². The summed E-state index contributed by atoms with van der Waals surface area (Å²) in [5, 5.41) is 11.9. The molecule has 3 aromatic rings. The van der Waals surface area contributed by atoms with Gasteiger partial charge in [0.15, 0.2) is 11.3 Å². The summed E-state index contributed by atoms with van der Waals surface area (Å²) in [5.74, 6) is 1.49. The van der Waals surface area contributed by atoms with Gasteiger partial charge in [0, 0.05) is 18.7 Å². The van der Waals surface area contributed by atoms with Crippen LogP contribution in [0.15, 0.2) is 18.5 Å². The van der Waals surface area contributed by atoms with Crippen molar-refractivity contribution in [2.75, 3.05) is 13.1 Å². The first-order chi connectivity index (χ1) is 8.43. The lowest BCUT2D eigenvalue weighted by Gasteiger charge is -2.06. The van der Waals surface area contributed by atoms with E-state index in [-0.39, 0.29) is 12.4 Å². The van der Waals surface area contributed by atoms with Crippen LogP contribution in [-0.2, 0) is 0 Å². The SMILES string of the molecule is Cl.c1cc2c(ncc3nnc([C@@H]4CCNC4)n32)[nH]1. The lowest BCUT2D eigenvalue weighted by atomic mass is 10.1. The minimum absolute atomic E-state index is 0. The molecule has 1 aliphatic rings. The Bertz CT molecular complexity index is 681. The molecular weight excluding hydrogens is 252 g/mol. The van der Waals surface area contributed by atoms with Crippen LogP contribution in [0, 0.1) is 0 Å². The van der Waals surface area contributed by atoms with Crippen molar-refractivity contribution in [2.45, 2.75) is 12.3 Å². The molecule has 2 N–H and O–H groups in total. The molecule has 0 bridgehead atoms. The predicted octanol–water partition coefficient (Wildman–Crippen LogP) is 1.10. The van der Waals surface area contributed by atoms with Crippen molar-refractivity contribution in [1.82, 2.24) is 29.9 Å². The zero-order valence-corrected chi connectivity index (χ0v) is 10.4. The molecular formula is C11H13ClN6. The molecule has 1 atom stereocenters. The van der Waals surface area contributed by atoms with Gasteiger partial charge in [-0.05, 0) is 19.0 Å². The highest BCUT2D eigenvalue weighted by molar-refractivity contribution is 5.85. The molecule has 0 aliphatic carbocycles. The van der Waals surface area contributed by atoms with E-state index < -0.39 is 0 Å². The largest absolute Gasteiger partial charge is 0.345 e. The van der Waals surface area contributed by atoms with Crippen LogP contribution in [0.5, 0.6) is 0 Å². The monoisotopic (exact) mass is 264 g/mol. The van der Waals surface area contributed by atoms with Gasteiger partial charge in [0.2, 0.25) is 0 Å². The second-order valence-corrected chi connectivity index (χ2v) is 4.41. The predicted molar refractivity (Wildman–Crippen MR) is 70.1 cm³/mol. The average molecular weight is 265 g/mol. The maximum absolute atomic E-state index is 4.33. The summed E-state index contributed by atoms with van der Waals surface area (Å²) in [6.07, 6.45) is 4.78. The number of nitrogens with zero attached hydrogens (tertiary/aromatic N) is 4. The first kappa shape index (κ1) is 11.4. The highest BCUT2D eigenvalue weighted by Gasteiger charge is 2.23. The van der Waals surface area contributed by atoms with Gasteiger partial charge in [0.1, 0.15) is 5.82 Å². The number of aromatic amines is 1. The van der Waals surface area contributed by atoms with Gasteiger partial charge in [0.25, 0.3) is 0 Å². The van der Waals surface area contributed by atoms with E-state index in [4.69, 9.17) is 0 Å². The van der Waals surface area contributed by atoms with Gasteiger partial charge in [-0.25, -0.2) is 4.98 Å². The van der Waals surface area contributed by atoms with E-state index in [1.807, 2.05) is 12.3 Å². The molecule has 0 amide bonds. The standard InChI is InChI=1S/C11H12N6.ClH/c1-3-12-5-7(1)11-16-15-9-6-14-10-8(17(9)11)2-4-13-10;/h2,4,6-7,12-13H,1,3,5H2;1H/t7-;/m1./s1. The van der Waals surface area contributed by atoms with Crippen LogP contribution in [0.3, 0.4) is 0 Å². The van der Waals surface area contributed by atoms with E-state index in [0.717, 1.165) is 42.1 Å². The Kier molecular flexibility index (Phi) is 2.68. The van der Waals surface area contributed by atoms with Crippen molar-refractivity contribution >= 4 is 29.2 Å². The van der Waals surface area contributed by atoms with Crippen molar-refractivity contribution < 1.29 is 0 Å². The summed E-state index contributed by atoms with van der Waals surface area (Å²) < 4.78 is 2.11. The molecule has 0 spiro atoms. The van der Waals surface area contributed by atoms with Crippen LogP contribution in [-0.4, -0.2) is 37.7 Å².